The van der Waals surface area contributed by atoms with Crippen LogP contribution in [0.25, 0.3) is 0 Å². The maximum atomic E-state index is 11.4. The molecule has 0 aliphatic carbocycles. The van der Waals surface area contributed by atoms with Gasteiger partial charge in [-0.15, -0.1) is 0 Å². The summed E-state index contributed by atoms with van der Waals surface area (Å²) >= 11 is 0. The molecular formula is C10H13NO3. The number of nitrogen functional groups attached to an aromatic ring is 1. The van der Waals surface area contributed by atoms with Crippen LogP contribution in [0.15, 0.2) is 18.2 Å². The van der Waals surface area contributed by atoms with Gasteiger partial charge < -0.3 is 15.2 Å². The number of ether oxygens (including phenoxy) is 2. The molecule has 1 aromatic carbocycles. The van der Waals surface area contributed by atoms with Crippen molar-refractivity contribution in [2.24, 2.45) is 0 Å². The van der Waals surface area contributed by atoms with E-state index < -0.39 is 5.97 Å². The van der Waals surface area contributed by atoms with Crippen LogP contribution in [-0.4, -0.2) is 19.9 Å². The number of nitrogens with two attached hydrogens (primary N) is 1. The summed E-state index contributed by atoms with van der Waals surface area (Å²) < 4.78 is 9.39. The standard InChI is InChI=1S/C10H13NO3/c1-7-3-8(5-9(11)4-7)10(12)14-6-13-2/h3-5H,6,11H2,1-2H3. The van der Waals surface area contributed by atoms with Gasteiger partial charge in [-0.05, 0) is 30.7 Å². The third kappa shape index (κ3) is 2.74. The van der Waals surface area contributed by atoms with E-state index in [4.69, 9.17) is 10.5 Å². The third-order valence-electron chi connectivity index (χ3n) is 1.64. The molecule has 0 fully saturated rings. The first-order valence-corrected chi connectivity index (χ1v) is 4.16. The highest BCUT2D eigenvalue weighted by Gasteiger charge is 2.07. The number of hydrogen-bond acceptors (Lipinski definition) is 4. The van der Waals surface area contributed by atoms with Gasteiger partial charge in [0.1, 0.15) is 0 Å². The van der Waals surface area contributed by atoms with E-state index in [9.17, 15) is 4.79 Å². The Morgan fingerprint density at radius 1 is 1.43 bits per heavy atom. The largest absolute Gasteiger partial charge is 0.435 e. The number of benzene rings is 1. The summed E-state index contributed by atoms with van der Waals surface area (Å²) in [5.74, 6) is -0.428. The van der Waals surface area contributed by atoms with Crippen molar-refractivity contribution in [1.82, 2.24) is 0 Å². The average molecular weight is 195 g/mol. The van der Waals surface area contributed by atoms with Gasteiger partial charge in [0.15, 0.2) is 6.79 Å². The van der Waals surface area contributed by atoms with E-state index in [0.717, 1.165) is 5.56 Å². The van der Waals surface area contributed by atoms with E-state index in [0.29, 0.717) is 11.3 Å². The Labute approximate surface area is 82.6 Å². The minimum Gasteiger partial charge on any atom is -0.435 e. The van der Waals surface area contributed by atoms with Gasteiger partial charge in [0.2, 0.25) is 0 Å². The van der Waals surface area contributed by atoms with Crippen molar-refractivity contribution >= 4 is 11.7 Å². The SMILES string of the molecule is COCOC(=O)c1cc(C)cc(N)c1. The lowest BCUT2D eigenvalue weighted by Gasteiger charge is -2.04. The highest BCUT2D eigenvalue weighted by Crippen LogP contribution is 2.12. The van der Waals surface area contributed by atoms with Crippen LogP contribution in [0.4, 0.5) is 5.69 Å². The number of hydrogen-bond donors (Lipinski definition) is 1. The molecule has 2 N–H and O–H groups in total. The second-order valence-corrected chi connectivity index (χ2v) is 2.97. The van der Waals surface area contributed by atoms with Crippen molar-refractivity contribution in [1.29, 1.82) is 0 Å². The summed E-state index contributed by atoms with van der Waals surface area (Å²) in [6, 6.07) is 5.08. The molecule has 0 amide bonds. The van der Waals surface area contributed by atoms with Crippen molar-refractivity contribution in [2.45, 2.75) is 6.92 Å². The number of esters is 1. The minimum atomic E-state index is -0.428. The summed E-state index contributed by atoms with van der Waals surface area (Å²) in [5.41, 5.74) is 7.51. The second-order valence-electron chi connectivity index (χ2n) is 2.97. The van der Waals surface area contributed by atoms with E-state index in [2.05, 4.69) is 4.74 Å². The molecule has 0 aromatic heterocycles. The predicted molar refractivity (Wildman–Crippen MR) is 52.9 cm³/mol. The lowest BCUT2D eigenvalue weighted by Crippen LogP contribution is -2.08. The highest BCUT2D eigenvalue weighted by atomic mass is 16.7. The highest BCUT2D eigenvalue weighted by molar-refractivity contribution is 5.90. The predicted octanol–water partition coefficient (Wildman–Crippen LogP) is 1.34. The maximum absolute atomic E-state index is 11.4. The van der Waals surface area contributed by atoms with E-state index in [1.54, 1.807) is 18.2 Å². The van der Waals surface area contributed by atoms with Crippen molar-refractivity contribution in [2.75, 3.05) is 19.6 Å². The van der Waals surface area contributed by atoms with Crippen LogP contribution < -0.4 is 5.73 Å². The Bertz CT molecular complexity index is 316. The lowest BCUT2D eigenvalue weighted by atomic mass is 10.1. The summed E-state index contributed by atoms with van der Waals surface area (Å²) in [5, 5.41) is 0. The Morgan fingerprint density at radius 3 is 2.71 bits per heavy atom. The monoisotopic (exact) mass is 195 g/mol. The van der Waals surface area contributed by atoms with E-state index in [-0.39, 0.29) is 6.79 Å². The Kier molecular flexibility index (Phi) is 3.48. The third-order valence-corrected chi connectivity index (χ3v) is 1.64. The lowest BCUT2D eigenvalue weighted by molar-refractivity contribution is -0.0125. The smallest absolute Gasteiger partial charge is 0.340 e. The first-order valence-electron chi connectivity index (χ1n) is 4.16. The van der Waals surface area contributed by atoms with Gasteiger partial charge in [0, 0.05) is 12.8 Å². The van der Waals surface area contributed by atoms with Gasteiger partial charge >= 0.3 is 5.97 Å². The molecule has 0 saturated heterocycles. The Balaban J connectivity index is 2.79. The normalized spacial score (nSPS) is 9.86. The molecule has 0 atom stereocenters. The van der Waals surface area contributed by atoms with Crippen molar-refractivity contribution in [3.8, 4) is 0 Å². The summed E-state index contributed by atoms with van der Waals surface area (Å²) in [4.78, 5) is 11.4. The summed E-state index contributed by atoms with van der Waals surface area (Å²) in [6.07, 6.45) is 0. The summed E-state index contributed by atoms with van der Waals surface area (Å²) in [6.45, 7) is 1.82. The fraction of sp³-hybridized carbons (Fsp3) is 0.300. The minimum absolute atomic E-state index is 0.0489. The number of aryl methyl sites for hydroxylation is 1. The topological polar surface area (TPSA) is 61.5 Å². The number of carbonyl (C=O) groups excluding carboxylic acids is 1. The molecule has 4 nitrogen and oxygen atoms in total. The molecule has 76 valence electrons. The maximum Gasteiger partial charge on any atom is 0.340 e. The molecule has 0 saturated carbocycles. The number of methoxy groups -OCH3 is 1. The first kappa shape index (κ1) is 10.5. The fourth-order valence-corrected chi connectivity index (χ4v) is 1.13. The molecule has 0 spiro atoms. The molecule has 0 unspecified atom stereocenters. The van der Waals surface area contributed by atoms with Crippen LogP contribution in [0.3, 0.4) is 0 Å². The molecule has 0 aliphatic heterocycles. The molecule has 1 rings (SSSR count). The molecule has 0 bridgehead atoms. The van der Waals surface area contributed by atoms with Crippen molar-refractivity contribution in [3.63, 3.8) is 0 Å². The van der Waals surface area contributed by atoms with E-state index in [1.807, 2.05) is 6.92 Å². The number of anilines is 1. The van der Waals surface area contributed by atoms with Gasteiger partial charge in [-0.3, -0.25) is 0 Å². The molecule has 0 radical (unpaired) electrons. The number of rotatable bonds is 3. The fourth-order valence-electron chi connectivity index (χ4n) is 1.13. The van der Waals surface area contributed by atoms with Crippen LogP contribution in [0.1, 0.15) is 15.9 Å². The molecular weight excluding hydrogens is 182 g/mol. The second kappa shape index (κ2) is 4.62. The first-order chi connectivity index (χ1) is 6.63. The van der Waals surface area contributed by atoms with Crippen molar-refractivity contribution < 1.29 is 14.3 Å². The zero-order valence-electron chi connectivity index (χ0n) is 8.24. The summed E-state index contributed by atoms with van der Waals surface area (Å²) in [7, 11) is 1.46. The van der Waals surface area contributed by atoms with Gasteiger partial charge in [-0.25, -0.2) is 4.79 Å². The van der Waals surface area contributed by atoms with E-state index >= 15 is 0 Å². The molecule has 4 heteroatoms. The molecule has 0 aliphatic rings. The molecule has 1 aromatic rings. The zero-order valence-corrected chi connectivity index (χ0v) is 8.24. The van der Waals surface area contributed by atoms with Crippen LogP contribution in [0, 0.1) is 6.92 Å². The Hall–Kier alpha value is -1.55. The van der Waals surface area contributed by atoms with Gasteiger partial charge in [-0.1, -0.05) is 0 Å². The van der Waals surface area contributed by atoms with Gasteiger partial charge in [0.05, 0.1) is 5.56 Å². The van der Waals surface area contributed by atoms with Gasteiger partial charge in [-0.2, -0.15) is 0 Å². The van der Waals surface area contributed by atoms with Crippen LogP contribution in [0.5, 0.6) is 0 Å². The van der Waals surface area contributed by atoms with Crippen molar-refractivity contribution in [3.05, 3.63) is 29.3 Å². The van der Waals surface area contributed by atoms with Crippen LogP contribution >= 0.6 is 0 Å². The quantitative estimate of drug-likeness (QED) is 0.449. The van der Waals surface area contributed by atoms with E-state index in [1.165, 1.54) is 7.11 Å². The number of carbonyl (C=O) groups is 1. The van der Waals surface area contributed by atoms with Crippen LogP contribution in [-0.2, 0) is 9.47 Å². The Morgan fingerprint density at radius 2 is 2.14 bits per heavy atom. The van der Waals surface area contributed by atoms with Gasteiger partial charge in [0.25, 0.3) is 0 Å². The zero-order chi connectivity index (χ0) is 10.6. The molecule has 14 heavy (non-hydrogen) atoms. The average Bonchev–Trinajstić information content (AvgIpc) is 2.12. The molecule has 0 heterocycles. The van der Waals surface area contributed by atoms with Crippen LogP contribution in [0.2, 0.25) is 0 Å².